The molecule has 108 valence electrons. The van der Waals surface area contributed by atoms with E-state index in [-0.39, 0.29) is 6.04 Å². The van der Waals surface area contributed by atoms with Gasteiger partial charge in [-0.2, -0.15) is 5.26 Å². The monoisotopic (exact) mass is 276 g/mol. The van der Waals surface area contributed by atoms with Gasteiger partial charge in [0.1, 0.15) is 18.4 Å². The van der Waals surface area contributed by atoms with Crippen LogP contribution in [0.25, 0.3) is 0 Å². The molecule has 0 aromatic carbocycles. The zero-order chi connectivity index (χ0) is 14.5. The third-order valence-electron chi connectivity index (χ3n) is 3.25. The summed E-state index contributed by atoms with van der Waals surface area (Å²) >= 11 is 0. The Bertz CT molecular complexity index is 502. The van der Waals surface area contributed by atoms with Crippen molar-refractivity contribution in [3.63, 3.8) is 0 Å². The summed E-state index contributed by atoms with van der Waals surface area (Å²) in [5, 5.41) is 14.0. The lowest BCUT2D eigenvalue weighted by atomic mass is 10.0. The van der Waals surface area contributed by atoms with E-state index >= 15 is 0 Å². The fraction of sp³-hybridized carbons (Fsp3) is 0.500. The highest BCUT2D eigenvalue weighted by Crippen LogP contribution is 2.24. The van der Waals surface area contributed by atoms with Crippen molar-refractivity contribution in [2.75, 3.05) is 26.8 Å². The first-order valence-electron chi connectivity index (χ1n) is 6.67. The molecule has 2 rings (SSSR count). The van der Waals surface area contributed by atoms with Crippen molar-refractivity contribution in [1.29, 1.82) is 5.26 Å². The van der Waals surface area contributed by atoms with Gasteiger partial charge in [0.2, 0.25) is 0 Å². The molecular formula is C14H20N4O2. The molecule has 6 heteroatoms. The van der Waals surface area contributed by atoms with E-state index in [2.05, 4.69) is 22.9 Å². The molecule has 0 saturated heterocycles. The normalized spacial score (nSPS) is 22.3. The third kappa shape index (κ3) is 3.20. The summed E-state index contributed by atoms with van der Waals surface area (Å²) in [5.74, 6) is 0. The summed E-state index contributed by atoms with van der Waals surface area (Å²) in [6.45, 7) is 5.56. The first-order chi connectivity index (χ1) is 9.65. The van der Waals surface area contributed by atoms with Crippen molar-refractivity contribution in [3.8, 4) is 6.07 Å². The number of nitrogens with zero attached hydrogens (tertiary/aromatic N) is 2. The van der Waals surface area contributed by atoms with Crippen LogP contribution in [0.3, 0.4) is 0 Å². The van der Waals surface area contributed by atoms with Crippen LogP contribution >= 0.6 is 0 Å². The number of likely N-dealkylation sites (N-methyl/N-ethyl adjacent to an activating group) is 1. The van der Waals surface area contributed by atoms with Gasteiger partial charge < -0.3 is 10.3 Å². The van der Waals surface area contributed by atoms with Crippen LogP contribution in [0, 0.1) is 11.3 Å². The summed E-state index contributed by atoms with van der Waals surface area (Å²) in [6.07, 6.45) is 3.99. The van der Waals surface area contributed by atoms with Gasteiger partial charge in [-0.05, 0) is 37.1 Å². The van der Waals surface area contributed by atoms with Crippen LogP contribution in [0.15, 0.2) is 34.7 Å². The van der Waals surface area contributed by atoms with Gasteiger partial charge in [0.05, 0.1) is 18.3 Å². The number of hydrogen-bond donors (Lipinski definition) is 2. The Hall–Kier alpha value is -1.81. The summed E-state index contributed by atoms with van der Waals surface area (Å²) < 4.78 is 0. The molecule has 0 aromatic heterocycles. The molecule has 0 aliphatic carbocycles. The summed E-state index contributed by atoms with van der Waals surface area (Å²) in [6, 6.07) is 2.22. The maximum Gasteiger partial charge on any atom is 0.117 e. The minimum absolute atomic E-state index is 0.0863. The van der Waals surface area contributed by atoms with Crippen molar-refractivity contribution in [3.05, 3.63) is 34.7 Å². The second kappa shape index (κ2) is 6.57. The average Bonchev–Trinajstić information content (AvgIpc) is 2.80. The van der Waals surface area contributed by atoms with E-state index in [9.17, 15) is 0 Å². The molecule has 2 heterocycles. The van der Waals surface area contributed by atoms with Crippen molar-refractivity contribution in [1.82, 2.24) is 15.8 Å². The van der Waals surface area contributed by atoms with Gasteiger partial charge in [-0.3, -0.25) is 0 Å². The van der Waals surface area contributed by atoms with Gasteiger partial charge in [-0.1, -0.05) is 0 Å². The molecule has 0 radical (unpaired) electrons. The number of hydrazine groups is 1. The number of nitriles is 1. The van der Waals surface area contributed by atoms with Crippen molar-refractivity contribution < 1.29 is 9.78 Å². The number of hydrogen-bond acceptors (Lipinski definition) is 6. The number of rotatable bonds is 5. The van der Waals surface area contributed by atoms with E-state index in [1.807, 2.05) is 32.0 Å². The molecule has 0 saturated carbocycles. The van der Waals surface area contributed by atoms with Crippen LogP contribution < -0.4 is 10.7 Å². The highest BCUT2D eigenvalue weighted by molar-refractivity contribution is 5.47. The first kappa shape index (κ1) is 14.6. The molecule has 2 aliphatic rings. The number of dihydropyridines is 1. The van der Waals surface area contributed by atoms with Crippen LogP contribution in [0.2, 0.25) is 0 Å². The summed E-state index contributed by atoms with van der Waals surface area (Å²) in [7, 11) is 1.97. The van der Waals surface area contributed by atoms with Crippen LogP contribution in [0.5, 0.6) is 0 Å². The molecule has 20 heavy (non-hydrogen) atoms. The highest BCUT2D eigenvalue weighted by Gasteiger charge is 2.25. The van der Waals surface area contributed by atoms with E-state index < -0.39 is 0 Å². The van der Waals surface area contributed by atoms with Gasteiger partial charge >= 0.3 is 0 Å². The Morgan fingerprint density at radius 3 is 2.95 bits per heavy atom. The van der Waals surface area contributed by atoms with Crippen molar-refractivity contribution >= 4 is 0 Å². The Labute approximate surface area is 119 Å². The Balaban J connectivity index is 2.10. The van der Waals surface area contributed by atoms with E-state index in [4.69, 9.17) is 15.0 Å². The standard InChI is InChI=1S/C14H20N4O2/c1-4-19-20-9-12-6-14(18(3)17-12)13-8-16-11(7-15)5-10(13)2/h5-6,12,16-17H,4,8-9H2,1-3H3. The summed E-state index contributed by atoms with van der Waals surface area (Å²) in [4.78, 5) is 10.00. The topological polar surface area (TPSA) is 69.5 Å². The molecule has 2 aliphatic heterocycles. The fourth-order valence-corrected chi connectivity index (χ4v) is 2.29. The molecular weight excluding hydrogens is 256 g/mol. The van der Waals surface area contributed by atoms with Crippen LogP contribution in [0.4, 0.5) is 0 Å². The Morgan fingerprint density at radius 2 is 2.30 bits per heavy atom. The largest absolute Gasteiger partial charge is 0.372 e. The molecule has 2 N–H and O–H groups in total. The van der Waals surface area contributed by atoms with Gasteiger partial charge in [-0.25, -0.2) is 15.2 Å². The molecule has 1 unspecified atom stereocenters. The van der Waals surface area contributed by atoms with E-state index in [0.717, 1.165) is 11.3 Å². The second-order valence-corrected chi connectivity index (χ2v) is 4.72. The van der Waals surface area contributed by atoms with Gasteiger partial charge in [-0.15, -0.1) is 0 Å². The highest BCUT2D eigenvalue weighted by atomic mass is 17.2. The van der Waals surface area contributed by atoms with Gasteiger partial charge in [0.15, 0.2) is 0 Å². The lowest BCUT2D eigenvalue weighted by molar-refractivity contribution is -0.293. The predicted octanol–water partition coefficient (Wildman–Crippen LogP) is 0.984. The van der Waals surface area contributed by atoms with E-state index in [1.54, 1.807) is 0 Å². The van der Waals surface area contributed by atoms with Crippen molar-refractivity contribution in [2.24, 2.45) is 0 Å². The molecule has 0 aromatic rings. The first-order valence-corrected chi connectivity index (χ1v) is 6.67. The fourth-order valence-electron chi connectivity index (χ4n) is 2.29. The Kier molecular flexibility index (Phi) is 4.79. The van der Waals surface area contributed by atoms with Gasteiger partial charge in [0.25, 0.3) is 0 Å². The zero-order valence-electron chi connectivity index (χ0n) is 12.1. The molecule has 0 bridgehead atoms. The Morgan fingerprint density at radius 1 is 1.50 bits per heavy atom. The second-order valence-electron chi connectivity index (χ2n) is 4.72. The molecule has 0 fully saturated rings. The van der Waals surface area contributed by atoms with Crippen LogP contribution in [-0.2, 0) is 9.78 Å². The SMILES string of the molecule is CCOOCC1C=C(C2=C(C)C=C(C#N)NC2)N(C)N1. The summed E-state index contributed by atoms with van der Waals surface area (Å²) in [5.41, 5.74) is 7.29. The minimum Gasteiger partial charge on any atom is -0.372 e. The van der Waals surface area contributed by atoms with E-state index in [0.29, 0.717) is 25.5 Å². The lowest BCUT2D eigenvalue weighted by Crippen LogP contribution is -2.37. The number of nitrogens with one attached hydrogen (secondary N) is 2. The maximum atomic E-state index is 8.90. The molecule has 0 amide bonds. The number of allylic oxidation sites excluding steroid dienone is 3. The van der Waals surface area contributed by atoms with Crippen LogP contribution in [0.1, 0.15) is 13.8 Å². The predicted molar refractivity (Wildman–Crippen MR) is 74.7 cm³/mol. The molecule has 1 atom stereocenters. The van der Waals surface area contributed by atoms with Gasteiger partial charge in [0, 0.05) is 13.6 Å². The minimum atomic E-state index is 0.0863. The molecule has 0 spiro atoms. The third-order valence-corrected chi connectivity index (χ3v) is 3.25. The van der Waals surface area contributed by atoms with Crippen LogP contribution in [-0.4, -0.2) is 37.9 Å². The average molecular weight is 276 g/mol. The lowest BCUT2D eigenvalue weighted by Gasteiger charge is -2.24. The smallest absolute Gasteiger partial charge is 0.117 e. The van der Waals surface area contributed by atoms with E-state index in [1.165, 1.54) is 5.57 Å². The van der Waals surface area contributed by atoms with Crippen molar-refractivity contribution in [2.45, 2.75) is 19.9 Å². The zero-order valence-corrected chi connectivity index (χ0v) is 12.1. The quantitative estimate of drug-likeness (QED) is 0.443. The molecule has 6 nitrogen and oxygen atoms in total. The maximum absolute atomic E-state index is 8.90.